The second-order valence-corrected chi connectivity index (χ2v) is 4.15. The molecule has 2 N–H and O–H groups in total. The number of hydrogen-bond acceptors (Lipinski definition) is 4. The van der Waals surface area contributed by atoms with Gasteiger partial charge in [0, 0.05) is 39.8 Å². The molecule has 0 fully saturated rings. The minimum Gasteiger partial charge on any atom is -0.491 e. The van der Waals surface area contributed by atoms with Gasteiger partial charge in [-0.05, 0) is 18.2 Å². The molecular formula is C13H20N2O3. The third kappa shape index (κ3) is 3.92. The Morgan fingerprint density at radius 2 is 2.06 bits per heavy atom. The van der Waals surface area contributed by atoms with Crippen molar-refractivity contribution in [2.75, 3.05) is 40.2 Å². The number of ether oxygens (including phenoxy) is 2. The van der Waals surface area contributed by atoms with Crippen LogP contribution in [0.1, 0.15) is 16.8 Å². The number of methoxy groups -OCH3 is 1. The van der Waals surface area contributed by atoms with E-state index < -0.39 is 0 Å². The number of anilines is 1. The monoisotopic (exact) mass is 252 g/mol. The normalized spacial score (nSPS) is 10.2. The molecule has 0 bridgehead atoms. The van der Waals surface area contributed by atoms with Crippen LogP contribution in [0.5, 0.6) is 5.75 Å². The number of carbonyl (C=O) groups is 1. The molecule has 1 aromatic rings. The topological polar surface area (TPSA) is 64.8 Å². The summed E-state index contributed by atoms with van der Waals surface area (Å²) in [6.07, 6.45) is 0.800. The minimum atomic E-state index is -0.0763. The van der Waals surface area contributed by atoms with Crippen LogP contribution in [-0.4, -0.2) is 45.2 Å². The lowest BCUT2D eigenvalue weighted by atomic mass is 10.1. The molecule has 0 aromatic heterocycles. The van der Waals surface area contributed by atoms with Crippen LogP contribution in [-0.2, 0) is 4.74 Å². The van der Waals surface area contributed by atoms with Crippen LogP contribution in [0.15, 0.2) is 18.2 Å². The second-order valence-electron chi connectivity index (χ2n) is 4.15. The fraction of sp³-hybridized carbons (Fsp3) is 0.462. The van der Waals surface area contributed by atoms with Gasteiger partial charge < -0.3 is 20.1 Å². The van der Waals surface area contributed by atoms with Crippen LogP contribution in [0.4, 0.5) is 5.69 Å². The van der Waals surface area contributed by atoms with E-state index in [0.717, 1.165) is 6.42 Å². The Balaban J connectivity index is 2.65. The number of nitrogen functional groups attached to an aromatic ring is 1. The maximum Gasteiger partial charge on any atom is 0.253 e. The first-order valence-corrected chi connectivity index (χ1v) is 5.79. The van der Waals surface area contributed by atoms with Crippen molar-refractivity contribution in [3.05, 3.63) is 23.8 Å². The Hall–Kier alpha value is -1.75. The fourth-order valence-electron chi connectivity index (χ4n) is 1.46. The quantitative estimate of drug-likeness (QED) is 0.613. The standard InChI is InChI=1S/C13H20N2O3/c1-15(2)13(16)10-5-6-12(11(14)9-10)18-8-4-7-17-3/h5-6,9H,4,7-8,14H2,1-3H3. The van der Waals surface area contributed by atoms with Crippen LogP contribution in [0.25, 0.3) is 0 Å². The molecule has 1 aromatic carbocycles. The van der Waals surface area contributed by atoms with Crippen molar-refractivity contribution >= 4 is 11.6 Å². The molecule has 0 spiro atoms. The Morgan fingerprint density at radius 1 is 1.33 bits per heavy atom. The van der Waals surface area contributed by atoms with Gasteiger partial charge in [0.15, 0.2) is 0 Å². The van der Waals surface area contributed by atoms with E-state index in [2.05, 4.69) is 0 Å². The van der Waals surface area contributed by atoms with E-state index in [4.69, 9.17) is 15.2 Å². The maximum absolute atomic E-state index is 11.7. The Labute approximate surface area is 107 Å². The van der Waals surface area contributed by atoms with Gasteiger partial charge in [0.2, 0.25) is 0 Å². The summed E-state index contributed by atoms with van der Waals surface area (Å²) in [4.78, 5) is 13.2. The summed E-state index contributed by atoms with van der Waals surface area (Å²) in [7, 11) is 5.05. The van der Waals surface area contributed by atoms with Gasteiger partial charge in [-0.2, -0.15) is 0 Å². The molecule has 5 heteroatoms. The van der Waals surface area contributed by atoms with Crippen LogP contribution in [0.3, 0.4) is 0 Å². The highest BCUT2D eigenvalue weighted by atomic mass is 16.5. The van der Waals surface area contributed by atoms with Crippen LogP contribution in [0.2, 0.25) is 0 Å². The lowest BCUT2D eigenvalue weighted by Crippen LogP contribution is -2.21. The first-order valence-electron chi connectivity index (χ1n) is 5.79. The Bertz CT molecular complexity index is 405. The third-order valence-corrected chi connectivity index (χ3v) is 2.41. The van der Waals surface area contributed by atoms with Crippen LogP contribution in [0, 0.1) is 0 Å². The molecule has 0 atom stereocenters. The molecule has 0 aliphatic carbocycles. The SMILES string of the molecule is COCCCOc1ccc(C(=O)N(C)C)cc1N. The molecule has 0 unspecified atom stereocenters. The van der Waals surface area contributed by atoms with Gasteiger partial charge in [-0.1, -0.05) is 0 Å². The molecule has 0 aliphatic rings. The lowest BCUT2D eigenvalue weighted by molar-refractivity contribution is 0.0827. The van der Waals surface area contributed by atoms with Gasteiger partial charge in [-0.15, -0.1) is 0 Å². The lowest BCUT2D eigenvalue weighted by Gasteiger charge is -2.13. The van der Waals surface area contributed by atoms with Crippen molar-refractivity contribution in [3.63, 3.8) is 0 Å². The zero-order valence-corrected chi connectivity index (χ0v) is 11.1. The average molecular weight is 252 g/mol. The molecule has 1 amide bonds. The second kappa shape index (κ2) is 6.86. The smallest absolute Gasteiger partial charge is 0.253 e. The molecule has 0 saturated carbocycles. The van der Waals surface area contributed by atoms with E-state index in [1.807, 2.05) is 0 Å². The summed E-state index contributed by atoms with van der Waals surface area (Å²) in [5.74, 6) is 0.522. The summed E-state index contributed by atoms with van der Waals surface area (Å²) < 4.78 is 10.4. The number of carbonyl (C=O) groups excluding carboxylic acids is 1. The first-order chi connectivity index (χ1) is 8.56. The predicted octanol–water partition coefficient (Wildman–Crippen LogP) is 1.39. The minimum absolute atomic E-state index is 0.0763. The van der Waals surface area contributed by atoms with Gasteiger partial charge in [0.05, 0.1) is 12.3 Å². The highest BCUT2D eigenvalue weighted by Gasteiger charge is 2.10. The average Bonchev–Trinajstić information content (AvgIpc) is 2.35. The van der Waals surface area contributed by atoms with E-state index in [1.54, 1.807) is 39.4 Å². The van der Waals surface area contributed by atoms with E-state index in [-0.39, 0.29) is 5.91 Å². The summed E-state index contributed by atoms with van der Waals surface area (Å²) in [5, 5.41) is 0. The highest BCUT2D eigenvalue weighted by molar-refractivity contribution is 5.95. The molecule has 1 rings (SSSR count). The summed E-state index contributed by atoms with van der Waals surface area (Å²) in [6.45, 7) is 1.19. The molecule has 100 valence electrons. The van der Waals surface area contributed by atoms with Crippen molar-refractivity contribution in [2.45, 2.75) is 6.42 Å². The van der Waals surface area contributed by atoms with Gasteiger partial charge in [-0.3, -0.25) is 4.79 Å². The van der Waals surface area contributed by atoms with Crippen molar-refractivity contribution < 1.29 is 14.3 Å². The number of nitrogens with zero attached hydrogens (tertiary/aromatic N) is 1. The van der Waals surface area contributed by atoms with Crippen molar-refractivity contribution in [2.24, 2.45) is 0 Å². The van der Waals surface area contributed by atoms with Crippen LogP contribution < -0.4 is 10.5 Å². The number of rotatable bonds is 6. The number of benzene rings is 1. The maximum atomic E-state index is 11.7. The van der Waals surface area contributed by atoms with E-state index in [9.17, 15) is 4.79 Å². The molecule has 0 radical (unpaired) electrons. The molecule has 0 heterocycles. The van der Waals surface area contributed by atoms with Crippen molar-refractivity contribution in [1.82, 2.24) is 4.90 Å². The van der Waals surface area contributed by atoms with Gasteiger partial charge in [0.1, 0.15) is 5.75 Å². The highest BCUT2D eigenvalue weighted by Crippen LogP contribution is 2.23. The summed E-state index contributed by atoms with van der Waals surface area (Å²) in [5.41, 5.74) is 6.88. The fourth-order valence-corrected chi connectivity index (χ4v) is 1.46. The first kappa shape index (κ1) is 14.3. The molecule has 0 saturated heterocycles. The van der Waals surface area contributed by atoms with E-state index >= 15 is 0 Å². The summed E-state index contributed by atoms with van der Waals surface area (Å²) >= 11 is 0. The number of amides is 1. The van der Waals surface area contributed by atoms with Crippen molar-refractivity contribution in [1.29, 1.82) is 0 Å². The predicted molar refractivity (Wildman–Crippen MR) is 70.9 cm³/mol. The number of nitrogens with two attached hydrogens (primary N) is 1. The third-order valence-electron chi connectivity index (χ3n) is 2.41. The van der Waals surface area contributed by atoms with E-state index in [0.29, 0.717) is 30.2 Å². The molecule has 5 nitrogen and oxygen atoms in total. The van der Waals surface area contributed by atoms with Gasteiger partial charge in [0.25, 0.3) is 5.91 Å². The molecule has 0 aliphatic heterocycles. The molecular weight excluding hydrogens is 232 g/mol. The zero-order valence-electron chi connectivity index (χ0n) is 11.1. The number of hydrogen-bond donors (Lipinski definition) is 1. The van der Waals surface area contributed by atoms with Crippen LogP contribution >= 0.6 is 0 Å². The van der Waals surface area contributed by atoms with E-state index in [1.165, 1.54) is 4.90 Å². The van der Waals surface area contributed by atoms with Gasteiger partial charge >= 0.3 is 0 Å². The van der Waals surface area contributed by atoms with Crippen molar-refractivity contribution in [3.8, 4) is 5.75 Å². The van der Waals surface area contributed by atoms with Gasteiger partial charge in [-0.25, -0.2) is 0 Å². The zero-order chi connectivity index (χ0) is 13.5. The molecule has 18 heavy (non-hydrogen) atoms. The Kier molecular flexibility index (Phi) is 5.45. The Morgan fingerprint density at radius 3 is 2.61 bits per heavy atom. The summed E-state index contributed by atoms with van der Waals surface area (Å²) in [6, 6.07) is 5.07. The largest absolute Gasteiger partial charge is 0.491 e.